The van der Waals surface area contributed by atoms with Gasteiger partial charge in [0.2, 0.25) is 0 Å². The molecule has 0 saturated heterocycles. The molecule has 10 heteroatoms. The molecule has 2 aromatic rings. The lowest BCUT2D eigenvalue weighted by Gasteiger charge is -2.22. The van der Waals surface area contributed by atoms with Crippen molar-refractivity contribution >= 4 is 40.8 Å². The third kappa shape index (κ3) is 7.45. The molecular formula is C19H22ClN3O5S. The highest BCUT2D eigenvalue weighted by Gasteiger charge is 2.18. The van der Waals surface area contributed by atoms with Crippen LogP contribution < -0.4 is 4.74 Å². The SMILES string of the molecule is CN1CCC=C(c2nsnc2OCCCc2ccccc2Cl)C1.O=C(O)C(=O)O. The fraction of sp³-hybridized carbons (Fsp3) is 0.368. The van der Waals surface area contributed by atoms with Crippen LogP contribution in [0.1, 0.15) is 24.1 Å². The highest BCUT2D eigenvalue weighted by atomic mass is 35.5. The second-order valence-corrected chi connectivity index (χ2v) is 7.26. The van der Waals surface area contributed by atoms with Gasteiger partial charge in [0.05, 0.1) is 18.3 Å². The van der Waals surface area contributed by atoms with E-state index in [0.29, 0.717) is 12.5 Å². The molecule has 8 nitrogen and oxygen atoms in total. The molecule has 0 amide bonds. The fourth-order valence-corrected chi connectivity index (χ4v) is 3.43. The van der Waals surface area contributed by atoms with Crippen molar-refractivity contribution in [2.24, 2.45) is 0 Å². The number of aryl methyl sites for hydroxylation is 1. The van der Waals surface area contributed by atoms with Crippen molar-refractivity contribution in [3.8, 4) is 5.88 Å². The van der Waals surface area contributed by atoms with E-state index in [1.807, 2.05) is 18.2 Å². The van der Waals surface area contributed by atoms with Gasteiger partial charge in [-0.3, -0.25) is 0 Å². The number of hydrogen-bond acceptors (Lipinski definition) is 7. The van der Waals surface area contributed by atoms with E-state index in [0.717, 1.165) is 48.6 Å². The Morgan fingerprint density at radius 1 is 1.24 bits per heavy atom. The molecule has 1 aromatic heterocycles. The Bertz CT molecular complexity index is 859. The first-order chi connectivity index (χ1) is 13.9. The van der Waals surface area contributed by atoms with Crippen molar-refractivity contribution in [3.05, 3.63) is 46.6 Å². The van der Waals surface area contributed by atoms with Gasteiger partial charge in [0, 0.05) is 18.1 Å². The largest absolute Gasteiger partial charge is 0.475 e. The standard InChI is InChI=1S/C17H20ClN3OS.C2H2O4/c1-21-10-4-7-14(12-21)16-17(20-23-19-16)22-11-5-8-13-6-2-3-9-15(13)18;3-1(4)2(5)6/h2-3,6-7,9H,4-5,8,10-12H2,1H3;(H,3,4)(H,5,6). The van der Waals surface area contributed by atoms with Crippen LogP contribution in [-0.4, -0.2) is 62.5 Å². The van der Waals surface area contributed by atoms with Gasteiger partial charge in [-0.15, -0.1) is 4.37 Å². The average molecular weight is 440 g/mol. The predicted molar refractivity (Wildman–Crippen MR) is 111 cm³/mol. The number of aliphatic carboxylic acids is 2. The Morgan fingerprint density at radius 3 is 2.62 bits per heavy atom. The zero-order valence-corrected chi connectivity index (χ0v) is 17.4. The summed E-state index contributed by atoms with van der Waals surface area (Å²) in [5.41, 5.74) is 3.28. The number of carbonyl (C=O) groups is 2. The van der Waals surface area contributed by atoms with Crippen molar-refractivity contribution in [3.63, 3.8) is 0 Å². The van der Waals surface area contributed by atoms with Crippen LogP contribution in [0.3, 0.4) is 0 Å². The summed E-state index contributed by atoms with van der Waals surface area (Å²) in [5, 5.41) is 15.6. The summed E-state index contributed by atoms with van der Waals surface area (Å²) in [6.45, 7) is 2.61. The van der Waals surface area contributed by atoms with E-state index in [4.69, 9.17) is 36.1 Å². The van der Waals surface area contributed by atoms with Crippen molar-refractivity contribution in [2.75, 3.05) is 26.7 Å². The molecule has 0 radical (unpaired) electrons. The molecule has 1 aromatic carbocycles. The molecule has 0 spiro atoms. The first kappa shape index (κ1) is 22.8. The molecule has 0 saturated carbocycles. The van der Waals surface area contributed by atoms with E-state index in [1.165, 1.54) is 17.3 Å². The second-order valence-electron chi connectivity index (χ2n) is 6.33. The maximum Gasteiger partial charge on any atom is 0.414 e. The van der Waals surface area contributed by atoms with Gasteiger partial charge >= 0.3 is 11.9 Å². The Hall–Kier alpha value is -2.49. The minimum Gasteiger partial charge on any atom is -0.475 e. The predicted octanol–water partition coefficient (Wildman–Crippen LogP) is 3.08. The highest BCUT2D eigenvalue weighted by molar-refractivity contribution is 6.99. The summed E-state index contributed by atoms with van der Waals surface area (Å²) in [6.07, 6.45) is 5.10. The number of benzene rings is 1. The second kappa shape index (κ2) is 11.5. The molecule has 0 atom stereocenters. The van der Waals surface area contributed by atoms with Crippen LogP contribution in [0.5, 0.6) is 5.88 Å². The van der Waals surface area contributed by atoms with Gasteiger partial charge in [-0.05, 0) is 43.5 Å². The molecule has 3 rings (SSSR count). The lowest BCUT2D eigenvalue weighted by molar-refractivity contribution is -0.159. The van der Waals surface area contributed by atoms with Crippen LogP contribution in [0.25, 0.3) is 5.57 Å². The number of halogens is 1. The Balaban J connectivity index is 0.000000438. The van der Waals surface area contributed by atoms with E-state index in [-0.39, 0.29) is 0 Å². The Morgan fingerprint density at radius 2 is 1.97 bits per heavy atom. The number of carboxylic acid groups (broad SMARTS) is 2. The zero-order chi connectivity index (χ0) is 21.2. The van der Waals surface area contributed by atoms with Gasteiger partial charge in [0.1, 0.15) is 5.69 Å². The van der Waals surface area contributed by atoms with Gasteiger partial charge in [-0.1, -0.05) is 35.9 Å². The Labute approximate surface area is 177 Å². The summed E-state index contributed by atoms with van der Waals surface area (Å²) in [7, 11) is 2.12. The summed E-state index contributed by atoms with van der Waals surface area (Å²) in [6, 6.07) is 7.94. The van der Waals surface area contributed by atoms with E-state index < -0.39 is 11.9 Å². The first-order valence-corrected chi connectivity index (χ1v) is 10.0. The number of rotatable bonds is 6. The van der Waals surface area contributed by atoms with Crippen LogP contribution >= 0.6 is 23.3 Å². The molecule has 2 N–H and O–H groups in total. The van der Waals surface area contributed by atoms with Crippen LogP contribution in [0.4, 0.5) is 0 Å². The zero-order valence-electron chi connectivity index (χ0n) is 15.9. The summed E-state index contributed by atoms with van der Waals surface area (Å²) >= 11 is 7.38. The number of likely N-dealkylation sites (N-methyl/N-ethyl adjacent to an activating group) is 1. The Kier molecular flexibility index (Phi) is 9.04. The van der Waals surface area contributed by atoms with E-state index in [1.54, 1.807) is 0 Å². The normalized spacial score (nSPS) is 13.8. The monoisotopic (exact) mass is 439 g/mol. The maximum absolute atomic E-state index is 9.10. The summed E-state index contributed by atoms with van der Waals surface area (Å²) in [5.74, 6) is -2.99. The highest BCUT2D eigenvalue weighted by Crippen LogP contribution is 2.27. The molecule has 156 valence electrons. The van der Waals surface area contributed by atoms with Gasteiger partial charge in [0.15, 0.2) is 0 Å². The number of carboxylic acids is 2. The van der Waals surface area contributed by atoms with Gasteiger partial charge < -0.3 is 19.8 Å². The smallest absolute Gasteiger partial charge is 0.414 e. The summed E-state index contributed by atoms with van der Waals surface area (Å²) < 4.78 is 14.6. The lowest BCUT2D eigenvalue weighted by Crippen LogP contribution is -2.25. The number of nitrogens with zero attached hydrogens (tertiary/aromatic N) is 3. The molecule has 2 heterocycles. The van der Waals surface area contributed by atoms with Crippen molar-refractivity contribution < 1.29 is 24.5 Å². The third-order valence-electron chi connectivity index (χ3n) is 4.07. The molecule has 1 aliphatic rings. The molecular weight excluding hydrogens is 418 g/mol. The van der Waals surface area contributed by atoms with Crippen LogP contribution in [0.2, 0.25) is 5.02 Å². The van der Waals surface area contributed by atoms with E-state index >= 15 is 0 Å². The fourth-order valence-electron chi connectivity index (χ4n) is 2.67. The molecule has 0 fully saturated rings. The topological polar surface area (TPSA) is 113 Å². The van der Waals surface area contributed by atoms with Crippen molar-refractivity contribution in [1.82, 2.24) is 13.6 Å². The van der Waals surface area contributed by atoms with Gasteiger partial charge in [0.25, 0.3) is 5.88 Å². The van der Waals surface area contributed by atoms with E-state index in [9.17, 15) is 0 Å². The number of ether oxygens (including phenoxy) is 1. The maximum atomic E-state index is 9.10. The minimum atomic E-state index is -1.82. The molecule has 0 unspecified atom stereocenters. The van der Waals surface area contributed by atoms with Crippen molar-refractivity contribution in [1.29, 1.82) is 0 Å². The molecule has 1 aliphatic heterocycles. The van der Waals surface area contributed by atoms with Crippen LogP contribution in [0.15, 0.2) is 30.3 Å². The quantitative estimate of drug-likeness (QED) is 0.521. The van der Waals surface area contributed by atoms with Crippen molar-refractivity contribution in [2.45, 2.75) is 19.3 Å². The summed E-state index contributed by atoms with van der Waals surface area (Å²) in [4.78, 5) is 20.5. The van der Waals surface area contributed by atoms with Gasteiger partial charge in [-0.25, -0.2) is 9.59 Å². The van der Waals surface area contributed by atoms with Crippen LogP contribution in [-0.2, 0) is 16.0 Å². The first-order valence-electron chi connectivity index (χ1n) is 8.91. The molecule has 29 heavy (non-hydrogen) atoms. The molecule has 0 aliphatic carbocycles. The third-order valence-corrected chi connectivity index (χ3v) is 4.95. The average Bonchev–Trinajstić information content (AvgIpc) is 3.15. The van der Waals surface area contributed by atoms with E-state index in [2.05, 4.69) is 32.8 Å². The molecule has 0 bridgehead atoms. The number of aromatic nitrogens is 2. The lowest BCUT2D eigenvalue weighted by atomic mass is 10.1. The number of hydrogen-bond donors (Lipinski definition) is 2. The minimum absolute atomic E-state index is 0.618. The van der Waals surface area contributed by atoms with Crippen LogP contribution in [0, 0.1) is 0 Å². The van der Waals surface area contributed by atoms with Gasteiger partial charge in [-0.2, -0.15) is 4.37 Å².